The summed E-state index contributed by atoms with van der Waals surface area (Å²) < 4.78 is 4.55. The number of rotatable bonds is 2. The topological polar surface area (TPSA) is 82.1 Å². The number of nitrogens with zero attached hydrogens (tertiary/aromatic N) is 3. The Labute approximate surface area is 88.6 Å². The minimum absolute atomic E-state index is 0.0438. The largest absolute Gasteiger partial charge is 0.342 e. The van der Waals surface area contributed by atoms with E-state index in [1.54, 1.807) is 0 Å². The molecule has 0 saturated heterocycles. The third-order valence-electron chi connectivity index (χ3n) is 1.76. The van der Waals surface area contributed by atoms with Crippen LogP contribution < -0.4 is 0 Å². The molecule has 0 aliphatic rings. The summed E-state index contributed by atoms with van der Waals surface area (Å²) in [5.41, 5.74) is 0.420. The number of hydrogen-bond acceptors (Lipinski definition) is 5. The number of nitro groups is 1. The summed E-state index contributed by atoms with van der Waals surface area (Å²) >= 11 is 5.71. The summed E-state index contributed by atoms with van der Waals surface area (Å²) in [5.74, 6) is 0.340. The van der Waals surface area contributed by atoms with Gasteiger partial charge in [-0.3, -0.25) is 10.1 Å². The molecular weight excluding hydrogens is 222 g/mol. The van der Waals surface area contributed by atoms with E-state index in [4.69, 9.17) is 11.6 Å². The van der Waals surface area contributed by atoms with Crippen LogP contribution in [-0.2, 0) is 0 Å². The molecule has 0 bridgehead atoms. The van der Waals surface area contributed by atoms with Crippen LogP contribution in [0.25, 0.3) is 11.4 Å². The van der Waals surface area contributed by atoms with Crippen molar-refractivity contribution in [2.45, 2.75) is 0 Å². The summed E-state index contributed by atoms with van der Waals surface area (Å²) in [6.45, 7) is 0. The zero-order valence-electron chi connectivity index (χ0n) is 7.25. The first-order valence-electron chi connectivity index (χ1n) is 3.89. The van der Waals surface area contributed by atoms with Gasteiger partial charge in [-0.1, -0.05) is 16.8 Å². The van der Waals surface area contributed by atoms with E-state index in [1.807, 2.05) is 0 Å². The van der Waals surface area contributed by atoms with Crippen molar-refractivity contribution in [1.82, 2.24) is 10.1 Å². The summed E-state index contributed by atoms with van der Waals surface area (Å²) in [5, 5.41) is 14.1. The normalized spacial score (nSPS) is 10.2. The quantitative estimate of drug-likeness (QED) is 0.578. The smallest absolute Gasteiger partial charge is 0.287 e. The van der Waals surface area contributed by atoms with Gasteiger partial charge in [0.05, 0.1) is 4.92 Å². The standard InChI is InChI=1S/C8H4ClN3O3/c9-6-3-5(8-10-4-15-11-8)1-2-7(6)12(13)14/h1-4H. The van der Waals surface area contributed by atoms with Crippen LogP contribution in [0.5, 0.6) is 0 Å². The fraction of sp³-hybridized carbons (Fsp3) is 0. The predicted molar refractivity (Wildman–Crippen MR) is 51.4 cm³/mol. The van der Waals surface area contributed by atoms with E-state index < -0.39 is 4.92 Å². The van der Waals surface area contributed by atoms with Crippen molar-refractivity contribution in [3.8, 4) is 11.4 Å². The van der Waals surface area contributed by atoms with Crippen LogP contribution in [0.1, 0.15) is 0 Å². The molecule has 0 radical (unpaired) electrons. The van der Waals surface area contributed by atoms with Gasteiger partial charge < -0.3 is 4.52 Å². The van der Waals surface area contributed by atoms with Gasteiger partial charge in [0, 0.05) is 11.6 Å². The van der Waals surface area contributed by atoms with Crippen LogP contribution in [0.15, 0.2) is 29.1 Å². The number of aromatic nitrogens is 2. The minimum Gasteiger partial charge on any atom is -0.342 e. The molecule has 0 aliphatic carbocycles. The fourth-order valence-corrected chi connectivity index (χ4v) is 1.34. The van der Waals surface area contributed by atoms with Crippen LogP contribution in [0.3, 0.4) is 0 Å². The van der Waals surface area contributed by atoms with Gasteiger partial charge in [-0.05, 0) is 12.1 Å². The lowest BCUT2D eigenvalue weighted by molar-refractivity contribution is -0.384. The van der Waals surface area contributed by atoms with E-state index in [0.29, 0.717) is 11.4 Å². The molecule has 7 heteroatoms. The highest BCUT2D eigenvalue weighted by atomic mass is 35.5. The van der Waals surface area contributed by atoms with Gasteiger partial charge in [-0.25, -0.2) is 0 Å². The van der Waals surface area contributed by atoms with Crippen molar-refractivity contribution < 1.29 is 9.45 Å². The summed E-state index contributed by atoms with van der Waals surface area (Å²) in [4.78, 5) is 13.7. The molecule has 0 spiro atoms. The molecule has 0 N–H and O–H groups in total. The van der Waals surface area contributed by atoms with Crippen LogP contribution in [-0.4, -0.2) is 15.1 Å². The zero-order chi connectivity index (χ0) is 10.8. The van der Waals surface area contributed by atoms with Gasteiger partial charge in [0.1, 0.15) is 5.02 Å². The van der Waals surface area contributed by atoms with Crippen LogP contribution >= 0.6 is 11.6 Å². The maximum Gasteiger partial charge on any atom is 0.287 e. The van der Waals surface area contributed by atoms with E-state index in [1.165, 1.54) is 24.6 Å². The Kier molecular flexibility index (Phi) is 2.34. The monoisotopic (exact) mass is 225 g/mol. The molecule has 0 atom stereocenters. The molecule has 15 heavy (non-hydrogen) atoms. The lowest BCUT2D eigenvalue weighted by Gasteiger charge is -1.97. The van der Waals surface area contributed by atoms with E-state index >= 15 is 0 Å². The Hall–Kier alpha value is -1.95. The third-order valence-corrected chi connectivity index (χ3v) is 2.07. The van der Waals surface area contributed by atoms with Gasteiger partial charge in [0.25, 0.3) is 5.69 Å². The second kappa shape index (κ2) is 3.66. The summed E-state index contributed by atoms with van der Waals surface area (Å²) in [6, 6.07) is 4.23. The molecule has 1 aromatic heterocycles. The zero-order valence-corrected chi connectivity index (χ0v) is 8.01. The molecule has 2 rings (SSSR count). The fourth-order valence-electron chi connectivity index (χ4n) is 1.09. The van der Waals surface area contributed by atoms with Gasteiger partial charge in [-0.2, -0.15) is 4.98 Å². The Morgan fingerprint density at radius 1 is 1.47 bits per heavy atom. The molecule has 0 amide bonds. The van der Waals surface area contributed by atoms with Gasteiger partial charge in [0.15, 0.2) is 0 Å². The van der Waals surface area contributed by atoms with Gasteiger partial charge >= 0.3 is 0 Å². The first-order chi connectivity index (χ1) is 7.18. The van der Waals surface area contributed by atoms with Crippen molar-refractivity contribution in [2.24, 2.45) is 0 Å². The average molecular weight is 226 g/mol. The molecule has 76 valence electrons. The number of hydrogen-bond donors (Lipinski definition) is 0. The lowest BCUT2D eigenvalue weighted by Crippen LogP contribution is -1.89. The highest BCUT2D eigenvalue weighted by Gasteiger charge is 2.14. The first-order valence-corrected chi connectivity index (χ1v) is 4.27. The van der Waals surface area contributed by atoms with Crippen molar-refractivity contribution in [3.05, 3.63) is 39.7 Å². The molecule has 1 heterocycles. The van der Waals surface area contributed by atoms with Gasteiger partial charge in [0.2, 0.25) is 12.2 Å². The molecule has 6 nitrogen and oxygen atoms in total. The maximum atomic E-state index is 10.5. The average Bonchev–Trinajstić information content (AvgIpc) is 2.69. The molecule has 0 saturated carbocycles. The number of halogens is 1. The lowest BCUT2D eigenvalue weighted by atomic mass is 10.2. The minimum atomic E-state index is -0.553. The molecule has 2 aromatic rings. The second-order valence-electron chi connectivity index (χ2n) is 2.68. The van der Waals surface area contributed by atoms with Crippen LogP contribution in [0.2, 0.25) is 5.02 Å². The van der Waals surface area contributed by atoms with Crippen molar-refractivity contribution in [1.29, 1.82) is 0 Å². The summed E-state index contributed by atoms with van der Waals surface area (Å²) in [7, 11) is 0. The van der Waals surface area contributed by atoms with Crippen molar-refractivity contribution in [2.75, 3.05) is 0 Å². The van der Waals surface area contributed by atoms with Crippen molar-refractivity contribution in [3.63, 3.8) is 0 Å². The second-order valence-corrected chi connectivity index (χ2v) is 3.09. The Bertz CT molecular complexity index is 498. The first kappa shape index (κ1) is 9.60. The molecule has 0 fully saturated rings. The number of nitro benzene ring substituents is 1. The maximum absolute atomic E-state index is 10.5. The SMILES string of the molecule is O=[N+]([O-])c1ccc(-c2ncon2)cc1Cl. The number of benzene rings is 1. The molecule has 0 aliphatic heterocycles. The molecule has 0 unspecified atom stereocenters. The summed E-state index contributed by atoms with van der Waals surface area (Å²) in [6.07, 6.45) is 1.17. The Morgan fingerprint density at radius 2 is 2.27 bits per heavy atom. The predicted octanol–water partition coefficient (Wildman–Crippen LogP) is 2.30. The van der Waals surface area contributed by atoms with Crippen LogP contribution in [0, 0.1) is 10.1 Å². The van der Waals surface area contributed by atoms with E-state index in [0.717, 1.165) is 0 Å². The van der Waals surface area contributed by atoms with Crippen molar-refractivity contribution >= 4 is 17.3 Å². The highest BCUT2D eigenvalue weighted by molar-refractivity contribution is 6.32. The highest BCUT2D eigenvalue weighted by Crippen LogP contribution is 2.28. The van der Waals surface area contributed by atoms with Gasteiger partial charge in [-0.15, -0.1) is 0 Å². The van der Waals surface area contributed by atoms with E-state index in [9.17, 15) is 10.1 Å². The van der Waals surface area contributed by atoms with E-state index in [2.05, 4.69) is 14.7 Å². The Balaban J connectivity index is 2.47. The van der Waals surface area contributed by atoms with E-state index in [-0.39, 0.29) is 10.7 Å². The Morgan fingerprint density at radius 3 is 2.80 bits per heavy atom. The third kappa shape index (κ3) is 1.79. The van der Waals surface area contributed by atoms with Crippen LogP contribution in [0.4, 0.5) is 5.69 Å². The molecular formula is C8H4ClN3O3. The molecule has 1 aromatic carbocycles.